The highest BCUT2D eigenvalue weighted by Gasteiger charge is 2.52. The highest BCUT2D eigenvalue weighted by Crippen LogP contribution is 2.64. The van der Waals surface area contributed by atoms with E-state index in [0.717, 1.165) is 44.8 Å². The van der Waals surface area contributed by atoms with Crippen LogP contribution in [0.25, 0.3) is 72.0 Å². The SMILES string of the molecule is [2H]c1c([2H])c([2H])c2c(c1[2H])c1c([2H])c(C#N)c([2H])c([2H])c1n2-c1cccc(N(c2cc(Cl)cc(-c3cccc4c3C3(c5ccccc5-c5ccccc53)c3ccccc3-4)c2)c2ccc(C(C)(C)C)cc2-c2ccccc2)c1. The first-order valence-electron chi connectivity index (χ1n) is 26.9. The Labute approximate surface area is 423 Å². The third-order valence-corrected chi connectivity index (χ3v) is 14.5. The summed E-state index contributed by atoms with van der Waals surface area (Å²) in [6.07, 6.45) is 0. The van der Waals surface area contributed by atoms with E-state index in [2.05, 4.69) is 153 Å². The second-order valence-corrected chi connectivity index (χ2v) is 19.6. The second-order valence-electron chi connectivity index (χ2n) is 19.2. The van der Waals surface area contributed by atoms with Crippen LogP contribution in [-0.4, -0.2) is 4.57 Å². The number of nitriles is 1. The Balaban J connectivity index is 1.11. The monoisotopic (exact) mass is 922 g/mol. The van der Waals surface area contributed by atoms with Crippen LogP contribution in [0.5, 0.6) is 0 Å². The molecule has 0 N–H and O–H groups in total. The summed E-state index contributed by atoms with van der Waals surface area (Å²) in [4.78, 5) is 2.16. The van der Waals surface area contributed by atoms with Gasteiger partial charge >= 0.3 is 0 Å². The molecule has 1 heterocycles. The molecule has 1 spiro atoms. The third-order valence-electron chi connectivity index (χ3n) is 14.3. The smallest absolute Gasteiger partial charge is 0.0991 e. The molecule has 11 aromatic rings. The predicted molar refractivity (Wildman–Crippen MR) is 291 cm³/mol. The largest absolute Gasteiger partial charge is 0.310 e. The molecule has 10 aromatic carbocycles. The molecule has 332 valence electrons. The van der Waals surface area contributed by atoms with Gasteiger partial charge in [0.15, 0.2) is 0 Å². The zero-order chi connectivity index (χ0) is 53.4. The van der Waals surface area contributed by atoms with Gasteiger partial charge in [-0.2, -0.15) is 5.26 Å². The molecule has 0 atom stereocenters. The van der Waals surface area contributed by atoms with Gasteiger partial charge in [-0.3, -0.25) is 0 Å². The maximum absolute atomic E-state index is 10.2. The topological polar surface area (TPSA) is 32.0 Å². The van der Waals surface area contributed by atoms with Crippen LogP contribution in [0.1, 0.15) is 63.7 Å². The molecule has 4 heteroatoms. The number of rotatable bonds is 6. The second kappa shape index (κ2) is 15.8. The molecular weight excluding hydrogens is 870 g/mol. The van der Waals surface area contributed by atoms with Gasteiger partial charge in [-0.05, 0) is 145 Å². The molecule has 0 amide bonds. The maximum Gasteiger partial charge on any atom is 0.0991 e. The minimum Gasteiger partial charge on any atom is -0.310 e. The fourth-order valence-corrected chi connectivity index (χ4v) is 11.6. The molecule has 2 aliphatic rings. The Morgan fingerprint density at radius 1 is 0.543 bits per heavy atom. The van der Waals surface area contributed by atoms with Crippen LogP contribution in [-0.2, 0) is 10.8 Å². The average Bonchev–Trinajstić information content (AvgIpc) is 3.75. The summed E-state index contributed by atoms with van der Waals surface area (Å²) in [7, 11) is 0. The van der Waals surface area contributed by atoms with Crippen molar-refractivity contribution in [1.82, 2.24) is 4.57 Å². The predicted octanol–water partition coefficient (Wildman–Crippen LogP) is 17.8. The number of halogens is 1. The van der Waals surface area contributed by atoms with E-state index in [4.69, 9.17) is 17.1 Å². The van der Waals surface area contributed by atoms with E-state index in [1.165, 1.54) is 38.9 Å². The van der Waals surface area contributed by atoms with E-state index < -0.39 is 29.6 Å². The van der Waals surface area contributed by atoms with Gasteiger partial charge in [0.25, 0.3) is 0 Å². The van der Waals surface area contributed by atoms with E-state index in [0.29, 0.717) is 16.4 Å². The lowest BCUT2D eigenvalue weighted by atomic mass is 9.68. The van der Waals surface area contributed by atoms with Crippen molar-refractivity contribution < 1.29 is 9.60 Å². The molecule has 0 saturated heterocycles. The van der Waals surface area contributed by atoms with Crippen LogP contribution in [0.15, 0.2) is 224 Å². The highest BCUT2D eigenvalue weighted by molar-refractivity contribution is 6.31. The number of fused-ring (bicyclic) bond motifs is 13. The number of hydrogen-bond donors (Lipinski definition) is 0. The fourth-order valence-electron chi connectivity index (χ4n) is 11.3. The van der Waals surface area contributed by atoms with Crippen LogP contribution in [0.2, 0.25) is 5.02 Å². The summed E-state index contributed by atoms with van der Waals surface area (Å²) in [6.45, 7) is 6.57. The Morgan fingerprint density at radius 3 is 1.89 bits per heavy atom. The minimum absolute atomic E-state index is 0.00162. The summed E-state index contributed by atoms with van der Waals surface area (Å²) < 4.78 is 65.1. The third kappa shape index (κ3) is 6.20. The van der Waals surface area contributed by atoms with E-state index in [9.17, 15) is 9.37 Å². The zero-order valence-corrected chi connectivity index (χ0v) is 39.3. The van der Waals surface area contributed by atoms with E-state index >= 15 is 0 Å². The Hall–Kier alpha value is -8.42. The molecule has 0 fully saturated rings. The van der Waals surface area contributed by atoms with Crippen molar-refractivity contribution in [2.45, 2.75) is 31.6 Å². The number of nitrogens with zero attached hydrogens (tertiary/aromatic N) is 3. The lowest BCUT2D eigenvalue weighted by Gasteiger charge is -2.33. The van der Waals surface area contributed by atoms with Crippen molar-refractivity contribution in [3.05, 3.63) is 263 Å². The summed E-state index contributed by atoms with van der Waals surface area (Å²) in [5.41, 5.74) is 16.0. The van der Waals surface area contributed by atoms with Gasteiger partial charge in [0.2, 0.25) is 0 Å². The van der Waals surface area contributed by atoms with Gasteiger partial charge in [0, 0.05) is 38.4 Å². The molecular formula is C66H46ClN3. The number of anilines is 3. The van der Waals surface area contributed by atoms with Gasteiger partial charge in [-0.25, -0.2) is 0 Å². The van der Waals surface area contributed by atoms with E-state index in [-0.39, 0.29) is 50.9 Å². The number of benzene rings is 10. The van der Waals surface area contributed by atoms with Crippen molar-refractivity contribution in [3.8, 4) is 56.3 Å². The van der Waals surface area contributed by atoms with Crippen molar-refractivity contribution in [2.24, 2.45) is 0 Å². The Bertz CT molecular complexity index is 4330. The van der Waals surface area contributed by atoms with Crippen molar-refractivity contribution in [2.75, 3.05) is 4.90 Å². The molecule has 0 bridgehead atoms. The van der Waals surface area contributed by atoms with Crippen molar-refractivity contribution >= 4 is 50.5 Å². The summed E-state index contributed by atoms with van der Waals surface area (Å²) in [5, 5.41) is 10.7. The standard InChI is InChI=1S/C66H46ClN3/c1-65(2,3)45-32-34-62(56(38-45)43-17-5-4-6-18-43)69(47-19-15-20-48(40-47)70-61-30-14-10-24-54(61)57-35-42(41-68)31-33-63(57)70)49-37-44(36-46(67)39-49)50-25-16-26-55-53-23-9-13-29-60(53)66(64(50)55)58-27-11-7-21-51(58)52-22-8-12-28-59(52)66/h4-40H,1-3H3/i10D,14D,24D,30D,31D,33D,35D. The van der Waals surface area contributed by atoms with Crippen molar-refractivity contribution in [3.63, 3.8) is 0 Å². The zero-order valence-electron chi connectivity index (χ0n) is 45.5. The van der Waals surface area contributed by atoms with Crippen molar-refractivity contribution in [1.29, 1.82) is 5.26 Å². The molecule has 0 saturated carbocycles. The number of aromatic nitrogens is 1. The van der Waals surface area contributed by atoms with Gasteiger partial charge in [-0.1, -0.05) is 184 Å². The summed E-state index contributed by atoms with van der Waals surface area (Å²) >= 11 is 7.51. The molecule has 2 aliphatic carbocycles. The molecule has 3 nitrogen and oxygen atoms in total. The van der Waals surface area contributed by atoms with Crippen LogP contribution in [0.4, 0.5) is 17.1 Å². The van der Waals surface area contributed by atoms with Crippen LogP contribution < -0.4 is 4.90 Å². The lowest BCUT2D eigenvalue weighted by molar-refractivity contribution is 0.590. The summed E-state index contributed by atoms with van der Waals surface area (Å²) in [5.74, 6) is 0. The maximum atomic E-state index is 10.2. The van der Waals surface area contributed by atoms with Gasteiger partial charge < -0.3 is 9.47 Å². The quantitative estimate of drug-likeness (QED) is 0.166. The number of para-hydroxylation sites is 1. The van der Waals surface area contributed by atoms with Gasteiger partial charge in [0.05, 0.1) is 43.4 Å². The normalized spacial score (nSPS) is 14.4. The van der Waals surface area contributed by atoms with Crippen LogP contribution >= 0.6 is 11.6 Å². The number of hydrogen-bond acceptors (Lipinski definition) is 2. The Kier molecular flexibility index (Phi) is 7.87. The van der Waals surface area contributed by atoms with Crippen LogP contribution in [0.3, 0.4) is 0 Å². The first kappa shape index (κ1) is 34.8. The van der Waals surface area contributed by atoms with Crippen LogP contribution in [0, 0.1) is 11.3 Å². The van der Waals surface area contributed by atoms with Gasteiger partial charge in [-0.15, -0.1) is 0 Å². The molecule has 0 aliphatic heterocycles. The first-order chi connectivity index (χ1) is 37.1. The molecule has 0 unspecified atom stereocenters. The lowest BCUT2D eigenvalue weighted by Crippen LogP contribution is -2.26. The summed E-state index contributed by atoms with van der Waals surface area (Å²) in [6, 6.07) is 62.1. The average molecular weight is 924 g/mol. The van der Waals surface area contributed by atoms with E-state index in [1.54, 1.807) is 10.6 Å². The molecule has 0 radical (unpaired) electrons. The fraction of sp³-hybridized carbons (Fsp3) is 0.0758. The molecule has 13 rings (SSSR count). The Morgan fingerprint density at radius 2 is 1.17 bits per heavy atom. The first-order valence-corrected chi connectivity index (χ1v) is 23.8. The van der Waals surface area contributed by atoms with E-state index in [1.807, 2.05) is 54.6 Å². The molecule has 1 aromatic heterocycles. The minimum atomic E-state index is -0.643. The molecule has 70 heavy (non-hydrogen) atoms. The van der Waals surface area contributed by atoms with Gasteiger partial charge in [0.1, 0.15) is 0 Å². The highest BCUT2D eigenvalue weighted by atomic mass is 35.5.